The number of aromatic nitrogens is 2. The summed E-state index contributed by atoms with van der Waals surface area (Å²) in [5.41, 5.74) is 0.775. The maximum atomic E-state index is 13.7. The Morgan fingerprint density at radius 2 is 1.86 bits per heavy atom. The van der Waals surface area contributed by atoms with E-state index in [0.29, 0.717) is 21.1 Å². The molecule has 0 spiro atoms. The number of rotatable bonds is 5. The Kier molecular flexibility index (Phi) is 6.41. The number of fused-ring (bicyclic) bond motifs is 3. The second-order valence-corrected chi connectivity index (χ2v) is 10.2. The number of thioether (sulfide) groups is 1. The van der Waals surface area contributed by atoms with Crippen molar-refractivity contribution in [3.05, 3.63) is 81.0 Å². The number of para-hydroxylation sites is 1. The summed E-state index contributed by atoms with van der Waals surface area (Å²) in [6, 6.07) is 13.6. The molecule has 0 bridgehead atoms. The Morgan fingerprint density at radius 1 is 1.09 bits per heavy atom. The van der Waals surface area contributed by atoms with Gasteiger partial charge in [0.25, 0.3) is 5.56 Å². The van der Waals surface area contributed by atoms with Gasteiger partial charge in [-0.3, -0.25) is 14.2 Å². The van der Waals surface area contributed by atoms with Gasteiger partial charge in [-0.15, -0.1) is 11.3 Å². The summed E-state index contributed by atoms with van der Waals surface area (Å²) < 4.78 is 40.4. The highest BCUT2D eigenvalue weighted by Crippen LogP contribution is 2.35. The number of amides is 1. The number of thiophene rings is 1. The minimum absolute atomic E-state index is 0.0558. The molecule has 0 radical (unpaired) electrons. The number of alkyl halides is 3. The number of halogens is 3. The van der Waals surface area contributed by atoms with Crippen LogP contribution in [0.2, 0.25) is 0 Å². The van der Waals surface area contributed by atoms with Crippen LogP contribution >= 0.6 is 23.1 Å². The molecule has 0 saturated carbocycles. The predicted molar refractivity (Wildman–Crippen MR) is 133 cm³/mol. The SMILES string of the molecule is O=C(CSc1nc2sc3c(c2c(=O)n1-c1ccccc1)CCCC3)Nc1cccc(C(F)(F)F)c1. The molecule has 4 aromatic rings. The van der Waals surface area contributed by atoms with Gasteiger partial charge in [0.1, 0.15) is 4.83 Å². The van der Waals surface area contributed by atoms with E-state index in [9.17, 15) is 22.8 Å². The summed E-state index contributed by atoms with van der Waals surface area (Å²) in [6.07, 6.45) is -0.587. The molecular weight excluding hydrogens is 495 g/mol. The summed E-state index contributed by atoms with van der Waals surface area (Å²) in [4.78, 5) is 32.9. The van der Waals surface area contributed by atoms with Gasteiger partial charge >= 0.3 is 6.18 Å². The highest BCUT2D eigenvalue weighted by atomic mass is 32.2. The minimum atomic E-state index is -4.50. The number of carbonyl (C=O) groups excluding carboxylic acids is 1. The molecule has 5 nitrogen and oxygen atoms in total. The lowest BCUT2D eigenvalue weighted by Gasteiger charge is -2.14. The van der Waals surface area contributed by atoms with Crippen molar-refractivity contribution in [3.63, 3.8) is 0 Å². The lowest BCUT2D eigenvalue weighted by Crippen LogP contribution is -2.23. The van der Waals surface area contributed by atoms with Crippen LogP contribution in [0.4, 0.5) is 18.9 Å². The maximum absolute atomic E-state index is 13.7. The van der Waals surface area contributed by atoms with E-state index >= 15 is 0 Å². The van der Waals surface area contributed by atoms with Crippen LogP contribution < -0.4 is 10.9 Å². The lowest BCUT2D eigenvalue weighted by atomic mass is 9.97. The molecule has 2 heterocycles. The zero-order valence-corrected chi connectivity index (χ0v) is 20.0. The average molecular weight is 516 g/mol. The number of carbonyl (C=O) groups is 1. The first-order valence-electron chi connectivity index (χ1n) is 11.0. The van der Waals surface area contributed by atoms with Crippen molar-refractivity contribution in [1.29, 1.82) is 0 Å². The van der Waals surface area contributed by atoms with E-state index in [-0.39, 0.29) is 17.0 Å². The second kappa shape index (κ2) is 9.50. The van der Waals surface area contributed by atoms with E-state index in [0.717, 1.165) is 55.1 Å². The van der Waals surface area contributed by atoms with E-state index in [2.05, 4.69) is 5.32 Å². The molecule has 1 amide bonds. The van der Waals surface area contributed by atoms with Gasteiger partial charge in [-0.05, 0) is 61.6 Å². The van der Waals surface area contributed by atoms with Crippen LogP contribution in [0.1, 0.15) is 28.8 Å². The quantitative estimate of drug-likeness (QED) is 0.259. The molecule has 2 aromatic carbocycles. The highest BCUT2D eigenvalue weighted by molar-refractivity contribution is 7.99. The number of hydrogen-bond acceptors (Lipinski definition) is 5. The maximum Gasteiger partial charge on any atom is 0.416 e. The molecule has 1 aliphatic rings. The monoisotopic (exact) mass is 515 g/mol. The van der Waals surface area contributed by atoms with Gasteiger partial charge in [-0.25, -0.2) is 4.98 Å². The Labute approximate surface area is 207 Å². The van der Waals surface area contributed by atoms with Crippen molar-refractivity contribution in [2.24, 2.45) is 0 Å². The van der Waals surface area contributed by atoms with Gasteiger partial charge in [0.15, 0.2) is 5.16 Å². The Bertz CT molecular complexity index is 1460. The topological polar surface area (TPSA) is 64.0 Å². The third-order valence-corrected chi connectivity index (χ3v) is 7.90. The summed E-state index contributed by atoms with van der Waals surface area (Å²) >= 11 is 2.61. The molecule has 35 heavy (non-hydrogen) atoms. The molecule has 10 heteroatoms. The Balaban J connectivity index is 1.46. The largest absolute Gasteiger partial charge is 0.416 e. The van der Waals surface area contributed by atoms with Crippen molar-refractivity contribution in [1.82, 2.24) is 9.55 Å². The van der Waals surface area contributed by atoms with Crippen LogP contribution in [0.15, 0.2) is 64.5 Å². The first-order valence-corrected chi connectivity index (χ1v) is 12.8. The highest BCUT2D eigenvalue weighted by Gasteiger charge is 2.30. The van der Waals surface area contributed by atoms with Crippen LogP contribution in [-0.4, -0.2) is 21.2 Å². The molecule has 1 N–H and O–H groups in total. The van der Waals surface area contributed by atoms with E-state index < -0.39 is 17.6 Å². The molecule has 0 fully saturated rings. The van der Waals surface area contributed by atoms with Gasteiger partial charge in [0.05, 0.1) is 22.4 Å². The van der Waals surface area contributed by atoms with Crippen LogP contribution in [0.3, 0.4) is 0 Å². The van der Waals surface area contributed by atoms with Crippen LogP contribution in [0.5, 0.6) is 0 Å². The molecular formula is C25H20F3N3O2S2. The van der Waals surface area contributed by atoms with E-state index in [4.69, 9.17) is 4.98 Å². The van der Waals surface area contributed by atoms with Crippen molar-refractivity contribution in [3.8, 4) is 5.69 Å². The minimum Gasteiger partial charge on any atom is -0.325 e. The van der Waals surface area contributed by atoms with Crippen molar-refractivity contribution in [2.45, 2.75) is 37.0 Å². The molecule has 180 valence electrons. The van der Waals surface area contributed by atoms with Crippen LogP contribution in [0.25, 0.3) is 15.9 Å². The smallest absolute Gasteiger partial charge is 0.325 e. The van der Waals surface area contributed by atoms with Crippen molar-refractivity contribution >= 4 is 44.9 Å². The van der Waals surface area contributed by atoms with Crippen LogP contribution in [-0.2, 0) is 23.8 Å². The molecule has 0 aliphatic heterocycles. The summed E-state index contributed by atoms with van der Waals surface area (Å²) in [6.45, 7) is 0. The number of anilines is 1. The van der Waals surface area contributed by atoms with Gasteiger partial charge in [0.2, 0.25) is 5.91 Å². The second-order valence-electron chi connectivity index (χ2n) is 8.18. The number of nitrogens with zero attached hydrogens (tertiary/aromatic N) is 2. The Morgan fingerprint density at radius 3 is 2.63 bits per heavy atom. The van der Waals surface area contributed by atoms with E-state index in [1.165, 1.54) is 32.9 Å². The fraction of sp³-hybridized carbons (Fsp3) is 0.240. The summed E-state index contributed by atoms with van der Waals surface area (Å²) in [7, 11) is 0. The average Bonchev–Trinajstić information content (AvgIpc) is 3.22. The number of benzene rings is 2. The first kappa shape index (κ1) is 23.6. The lowest BCUT2D eigenvalue weighted by molar-refractivity contribution is -0.137. The number of aryl methyl sites for hydroxylation is 2. The van der Waals surface area contributed by atoms with E-state index in [1.54, 1.807) is 12.1 Å². The number of hydrogen-bond donors (Lipinski definition) is 1. The van der Waals surface area contributed by atoms with Gasteiger partial charge in [-0.2, -0.15) is 13.2 Å². The molecule has 5 rings (SSSR count). The fourth-order valence-electron chi connectivity index (χ4n) is 4.19. The van der Waals surface area contributed by atoms with Crippen molar-refractivity contribution < 1.29 is 18.0 Å². The first-order chi connectivity index (χ1) is 16.8. The number of nitrogens with one attached hydrogen (secondary N) is 1. The van der Waals surface area contributed by atoms with E-state index in [1.807, 2.05) is 18.2 Å². The normalized spacial score (nSPS) is 13.6. The Hall–Kier alpha value is -3.11. The fourth-order valence-corrected chi connectivity index (χ4v) is 6.30. The van der Waals surface area contributed by atoms with Gasteiger partial charge < -0.3 is 5.32 Å². The molecule has 0 unspecified atom stereocenters. The predicted octanol–water partition coefficient (Wildman–Crippen LogP) is 6.08. The van der Waals surface area contributed by atoms with Crippen LogP contribution in [0, 0.1) is 0 Å². The third-order valence-electron chi connectivity index (χ3n) is 5.78. The zero-order chi connectivity index (χ0) is 24.6. The molecule has 1 aliphatic carbocycles. The molecule has 0 atom stereocenters. The summed E-state index contributed by atoms with van der Waals surface area (Å²) in [5, 5.41) is 3.51. The molecule has 2 aromatic heterocycles. The third kappa shape index (κ3) is 4.85. The standard InChI is InChI=1S/C25H20F3N3O2S2/c26-25(27,28)15-7-6-8-16(13-15)29-20(32)14-34-24-30-22-21(18-11-4-5-12-19(18)35-22)23(33)31(24)17-9-2-1-3-10-17/h1-3,6-10,13H,4-5,11-12,14H2,(H,29,32). The zero-order valence-electron chi connectivity index (χ0n) is 18.4. The molecule has 0 saturated heterocycles. The summed E-state index contributed by atoms with van der Waals surface area (Å²) in [5.74, 6) is -0.611. The van der Waals surface area contributed by atoms with Gasteiger partial charge in [-0.1, -0.05) is 36.0 Å². The van der Waals surface area contributed by atoms with Gasteiger partial charge in [0, 0.05) is 10.6 Å². The van der Waals surface area contributed by atoms with Crippen molar-refractivity contribution in [2.75, 3.05) is 11.1 Å².